The third kappa shape index (κ3) is 6.06. The Bertz CT molecular complexity index is 3720. The molecule has 0 radical (unpaired) electrons. The minimum atomic E-state index is 1.12. The lowest BCUT2D eigenvalue weighted by Crippen LogP contribution is -2.08. The molecular weight excluding hydrogens is 835 g/mol. The molecule has 5 heterocycles. The van der Waals surface area contributed by atoms with Gasteiger partial charge in [-0.3, -0.25) is 0 Å². The van der Waals surface area contributed by atoms with E-state index in [1.54, 1.807) is 0 Å². The summed E-state index contributed by atoms with van der Waals surface area (Å²) >= 11 is 5.72. The van der Waals surface area contributed by atoms with Crippen molar-refractivity contribution in [2.45, 2.75) is 0 Å². The van der Waals surface area contributed by atoms with E-state index in [-0.39, 0.29) is 0 Å². The molecule has 0 atom stereocenters. The number of hydrogen-bond donors (Lipinski definition) is 0. The molecule has 0 aliphatic carbocycles. The zero-order valence-corrected chi connectivity index (χ0v) is 36.9. The SMILES string of the molecule is c1ccc(-c2ccc(N(c3ccc(-c4ccccc4)cc3)c3cc4c(s3)c3sc5c6sc(-c7ccccc7)cc6n(-c6ccccc6)c5c3n4-c3ccc4ccccc4c3)cc2)cc1. The number of rotatable bonds is 8. The first kappa shape index (κ1) is 37.1. The molecule has 3 nitrogen and oxygen atoms in total. The summed E-state index contributed by atoms with van der Waals surface area (Å²) in [7, 11) is 0. The molecule has 64 heavy (non-hydrogen) atoms. The van der Waals surface area contributed by atoms with Crippen LogP contribution in [-0.4, -0.2) is 9.13 Å². The van der Waals surface area contributed by atoms with Crippen LogP contribution in [-0.2, 0) is 0 Å². The van der Waals surface area contributed by atoms with Crippen LogP contribution >= 0.6 is 34.0 Å². The average molecular weight is 872 g/mol. The van der Waals surface area contributed by atoms with Gasteiger partial charge in [-0.25, -0.2) is 0 Å². The lowest BCUT2D eigenvalue weighted by atomic mass is 10.0. The van der Waals surface area contributed by atoms with Gasteiger partial charge in [0, 0.05) is 27.6 Å². The molecule has 0 spiro atoms. The number of hydrogen-bond acceptors (Lipinski definition) is 4. The Kier molecular flexibility index (Phi) is 8.76. The average Bonchev–Trinajstić information content (AvgIpc) is 4.18. The highest BCUT2D eigenvalue weighted by Crippen LogP contribution is 2.54. The summed E-state index contributed by atoms with van der Waals surface area (Å²) in [6.45, 7) is 0. The summed E-state index contributed by atoms with van der Waals surface area (Å²) in [4.78, 5) is 3.72. The van der Waals surface area contributed by atoms with Crippen LogP contribution < -0.4 is 4.90 Å². The minimum absolute atomic E-state index is 1.12. The monoisotopic (exact) mass is 871 g/mol. The zero-order chi connectivity index (χ0) is 42.1. The van der Waals surface area contributed by atoms with Gasteiger partial charge in [-0.2, -0.15) is 0 Å². The Hall–Kier alpha value is -7.48. The first-order valence-corrected chi connectivity index (χ1v) is 23.9. The van der Waals surface area contributed by atoms with Gasteiger partial charge in [-0.15, -0.1) is 34.0 Å². The van der Waals surface area contributed by atoms with Gasteiger partial charge < -0.3 is 14.0 Å². The van der Waals surface area contributed by atoms with Gasteiger partial charge in [0.2, 0.25) is 0 Å². The second-order valence-corrected chi connectivity index (χ2v) is 19.3. The highest BCUT2D eigenvalue weighted by Gasteiger charge is 2.28. The predicted molar refractivity (Wildman–Crippen MR) is 277 cm³/mol. The summed E-state index contributed by atoms with van der Waals surface area (Å²) in [5.41, 5.74) is 15.6. The summed E-state index contributed by atoms with van der Waals surface area (Å²) in [5, 5.41) is 3.62. The second kappa shape index (κ2) is 15.1. The molecule has 0 aliphatic rings. The van der Waals surface area contributed by atoms with Crippen LogP contribution in [0.15, 0.2) is 224 Å². The van der Waals surface area contributed by atoms with Crippen LogP contribution in [0.3, 0.4) is 0 Å². The van der Waals surface area contributed by atoms with Gasteiger partial charge in [-0.05, 0) is 99.3 Å². The van der Waals surface area contributed by atoms with Gasteiger partial charge in [-0.1, -0.05) is 164 Å². The first-order chi connectivity index (χ1) is 31.7. The number of thiophene rings is 3. The Morgan fingerprint density at radius 2 is 0.781 bits per heavy atom. The molecule has 8 aromatic carbocycles. The van der Waals surface area contributed by atoms with E-state index in [1.165, 1.54) is 90.0 Å². The molecule has 0 bridgehead atoms. The van der Waals surface area contributed by atoms with Crippen molar-refractivity contribution in [3.63, 3.8) is 0 Å². The standard InChI is InChI=1S/C58H37N3S3/c1-5-15-38(16-6-1)41-25-30-46(31-26-41)59(47-32-27-42(28-33-47)39-17-7-2-8-18-39)52-37-50-56(63-52)58-54(61(50)48-34-29-40-19-13-14-22-44(40)35-48)53-57(64-58)55-49(60(53)45-23-11-4-12-24-45)36-51(62-55)43-20-9-3-10-21-43/h1-37H. The molecule has 6 heteroatoms. The van der Waals surface area contributed by atoms with Gasteiger partial charge in [0.05, 0.1) is 40.9 Å². The van der Waals surface area contributed by atoms with E-state index in [9.17, 15) is 0 Å². The Morgan fingerprint density at radius 1 is 0.312 bits per heavy atom. The van der Waals surface area contributed by atoms with Crippen LogP contribution in [0.2, 0.25) is 0 Å². The van der Waals surface area contributed by atoms with E-state index in [1.807, 2.05) is 34.0 Å². The third-order valence-corrected chi connectivity index (χ3v) is 16.1. The zero-order valence-electron chi connectivity index (χ0n) is 34.4. The van der Waals surface area contributed by atoms with Crippen LogP contribution in [0.5, 0.6) is 0 Å². The molecular formula is C58H37N3S3. The maximum atomic E-state index is 2.55. The third-order valence-electron chi connectivity index (χ3n) is 12.4. The van der Waals surface area contributed by atoms with Gasteiger partial charge in [0.15, 0.2) is 0 Å². The molecule has 0 aliphatic heterocycles. The van der Waals surface area contributed by atoms with Crippen molar-refractivity contribution in [2.24, 2.45) is 0 Å². The number of nitrogens with zero attached hydrogens (tertiary/aromatic N) is 3. The minimum Gasteiger partial charge on any atom is -0.306 e. The molecule has 302 valence electrons. The van der Waals surface area contributed by atoms with Crippen molar-refractivity contribution in [3.05, 3.63) is 224 Å². The molecule has 0 amide bonds. The van der Waals surface area contributed by atoms with Crippen molar-refractivity contribution in [1.82, 2.24) is 9.13 Å². The maximum absolute atomic E-state index is 2.55. The second-order valence-electron chi connectivity index (χ2n) is 16.1. The fourth-order valence-electron chi connectivity index (χ4n) is 9.34. The smallest absolute Gasteiger partial charge is 0.103 e. The molecule has 0 saturated carbocycles. The highest BCUT2D eigenvalue weighted by molar-refractivity contribution is 7.35. The molecule has 0 N–H and O–H groups in total. The molecule has 0 fully saturated rings. The summed E-state index contributed by atoms with van der Waals surface area (Å²) in [5.74, 6) is 0. The predicted octanol–water partition coefficient (Wildman–Crippen LogP) is 17.7. The van der Waals surface area contributed by atoms with Crippen molar-refractivity contribution in [2.75, 3.05) is 4.90 Å². The number of fused-ring (bicyclic) bond motifs is 8. The van der Waals surface area contributed by atoms with E-state index in [0.717, 1.165) is 22.1 Å². The first-order valence-electron chi connectivity index (χ1n) is 21.5. The van der Waals surface area contributed by atoms with Crippen LogP contribution in [0, 0.1) is 0 Å². The Labute approximate surface area is 382 Å². The number of benzene rings is 8. The van der Waals surface area contributed by atoms with Gasteiger partial charge in [0.1, 0.15) is 5.00 Å². The van der Waals surface area contributed by atoms with Crippen LogP contribution in [0.25, 0.3) is 95.7 Å². The lowest BCUT2D eigenvalue weighted by Gasteiger charge is -2.24. The van der Waals surface area contributed by atoms with Crippen LogP contribution in [0.4, 0.5) is 16.4 Å². The summed E-state index contributed by atoms with van der Waals surface area (Å²) in [6.07, 6.45) is 0. The quantitative estimate of drug-likeness (QED) is 0.148. The molecule has 13 rings (SSSR count). The number of aromatic nitrogens is 2. The Morgan fingerprint density at radius 3 is 1.38 bits per heavy atom. The van der Waals surface area contributed by atoms with Gasteiger partial charge >= 0.3 is 0 Å². The summed E-state index contributed by atoms with van der Waals surface area (Å²) in [6, 6.07) is 81.5. The number of para-hydroxylation sites is 1. The lowest BCUT2D eigenvalue weighted by molar-refractivity contribution is 1.15. The maximum Gasteiger partial charge on any atom is 0.103 e. The number of anilines is 3. The van der Waals surface area contributed by atoms with E-state index in [0.29, 0.717) is 0 Å². The van der Waals surface area contributed by atoms with E-state index in [2.05, 4.69) is 238 Å². The highest BCUT2D eigenvalue weighted by atomic mass is 32.1. The van der Waals surface area contributed by atoms with Crippen molar-refractivity contribution >= 4 is 102 Å². The fourth-order valence-corrected chi connectivity index (χ4v) is 13.2. The van der Waals surface area contributed by atoms with Gasteiger partial charge in [0.25, 0.3) is 0 Å². The summed E-state index contributed by atoms with van der Waals surface area (Å²) < 4.78 is 10.3. The van der Waals surface area contributed by atoms with Crippen molar-refractivity contribution in [1.29, 1.82) is 0 Å². The van der Waals surface area contributed by atoms with E-state index >= 15 is 0 Å². The Balaban J connectivity index is 1.07. The molecule has 0 saturated heterocycles. The van der Waals surface area contributed by atoms with Crippen LogP contribution in [0.1, 0.15) is 0 Å². The normalized spacial score (nSPS) is 11.8. The fraction of sp³-hybridized carbons (Fsp3) is 0. The van der Waals surface area contributed by atoms with Crippen molar-refractivity contribution < 1.29 is 0 Å². The van der Waals surface area contributed by atoms with Crippen molar-refractivity contribution in [3.8, 4) is 44.1 Å². The van der Waals surface area contributed by atoms with E-state index < -0.39 is 0 Å². The molecule has 13 aromatic rings. The topological polar surface area (TPSA) is 13.1 Å². The van der Waals surface area contributed by atoms with E-state index in [4.69, 9.17) is 0 Å². The molecule has 5 aromatic heterocycles. The largest absolute Gasteiger partial charge is 0.306 e. The molecule has 0 unspecified atom stereocenters.